The van der Waals surface area contributed by atoms with Crippen LogP contribution >= 0.6 is 23.4 Å². The fourth-order valence-corrected chi connectivity index (χ4v) is 2.83. The summed E-state index contributed by atoms with van der Waals surface area (Å²) < 4.78 is 0. The first-order valence-electron chi connectivity index (χ1n) is 5.47. The Morgan fingerprint density at radius 1 is 1.06 bits per heavy atom. The van der Waals surface area contributed by atoms with Crippen LogP contribution in [0.4, 0.5) is 5.69 Å². The third-order valence-electron chi connectivity index (χ3n) is 2.45. The Morgan fingerprint density at radius 3 is 2.53 bits per heavy atom. The van der Waals surface area contributed by atoms with E-state index in [1.807, 2.05) is 18.2 Å². The van der Waals surface area contributed by atoms with Gasteiger partial charge in [-0.05, 0) is 30.2 Å². The van der Waals surface area contributed by atoms with Gasteiger partial charge >= 0.3 is 0 Å². The summed E-state index contributed by atoms with van der Waals surface area (Å²) >= 11 is 7.87. The number of nitrogens with two attached hydrogens (primary N) is 1. The molecule has 0 amide bonds. The molecule has 0 saturated heterocycles. The van der Waals surface area contributed by atoms with Crippen molar-refractivity contribution in [3.8, 4) is 0 Å². The predicted octanol–water partition coefficient (Wildman–Crippen LogP) is 4.26. The molecule has 2 N–H and O–H groups in total. The number of nitrogen functional groups attached to an aromatic ring is 1. The lowest BCUT2D eigenvalue weighted by Gasteiger charge is -2.05. The molecular formula is C14H14ClNS. The molecule has 88 valence electrons. The van der Waals surface area contributed by atoms with Crippen LogP contribution in [0.1, 0.15) is 5.56 Å². The first-order valence-corrected chi connectivity index (χ1v) is 6.84. The number of thioether (sulfide) groups is 1. The molecule has 0 saturated carbocycles. The lowest BCUT2D eigenvalue weighted by molar-refractivity contribution is 1.15. The Bertz CT molecular complexity index is 485. The maximum Gasteiger partial charge on any atom is 0.0562 e. The first-order chi connectivity index (χ1) is 8.25. The van der Waals surface area contributed by atoms with Crippen LogP contribution < -0.4 is 5.73 Å². The van der Waals surface area contributed by atoms with E-state index in [2.05, 4.69) is 24.3 Å². The Balaban J connectivity index is 1.90. The minimum Gasteiger partial charge on any atom is -0.399 e. The van der Waals surface area contributed by atoms with Crippen LogP contribution in [0.5, 0.6) is 0 Å². The molecule has 3 heteroatoms. The average Bonchev–Trinajstić information content (AvgIpc) is 2.33. The summed E-state index contributed by atoms with van der Waals surface area (Å²) in [5.41, 5.74) is 7.72. The maximum absolute atomic E-state index is 6.11. The fraction of sp³-hybridized carbons (Fsp3) is 0.143. The van der Waals surface area contributed by atoms with Gasteiger partial charge in [0.15, 0.2) is 0 Å². The highest BCUT2D eigenvalue weighted by Gasteiger charge is 2.01. The molecule has 1 nitrogen and oxygen atoms in total. The molecule has 0 bridgehead atoms. The van der Waals surface area contributed by atoms with Crippen LogP contribution in [0.15, 0.2) is 53.4 Å². The molecular weight excluding hydrogens is 250 g/mol. The standard InChI is InChI=1S/C14H14ClNS/c15-13-10-12(16)6-7-14(13)17-9-8-11-4-2-1-3-5-11/h1-7,10H,8-9,16H2. The lowest BCUT2D eigenvalue weighted by atomic mass is 10.2. The predicted molar refractivity (Wildman–Crippen MR) is 76.7 cm³/mol. The number of aryl methyl sites for hydroxylation is 1. The molecule has 0 aliphatic carbocycles. The molecule has 17 heavy (non-hydrogen) atoms. The molecule has 0 spiro atoms. The Morgan fingerprint density at radius 2 is 1.82 bits per heavy atom. The molecule has 0 aromatic heterocycles. The van der Waals surface area contributed by atoms with Crippen LogP contribution in [0.25, 0.3) is 0 Å². The quantitative estimate of drug-likeness (QED) is 0.659. The Kier molecular flexibility index (Phi) is 4.35. The lowest BCUT2D eigenvalue weighted by Crippen LogP contribution is -1.89. The van der Waals surface area contributed by atoms with Gasteiger partial charge in [-0.3, -0.25) is 0 Å². The second kappa shape index (κ2) is 5.99. The van der Waals surface area contributed by atoms with Gasteiger partial charge in [-0.15, -0.1) is 11.8 Å². The van der Waals surface area contributed by atoms with Crippen molar-refractivity contribution in [1.29, 1.82) is 0 Å². The molecule has 2 aromatic rings. The normalized spacial score (nSPS) is 10.4. The summed E-state index contributed by atoms with van der Waals surface area (Å²) in [5, 5.41) is 0.739. The van der Waals surface area contributed by atoms with Crippen LogP contribution in [-0.4, -0.2) is 5.75 Å². The number of hydrogen-bond donors (Lipinski definition) is 1. The van der Waals surface area contributed by atoms with Crippen molar-refractivity contribution < 1.29 is 0 Å². The van der Waals surface area contributed by atoms with E-state index in [0.717, 1.165) is 22.1 Å². The summed E-state index contributed by atoms with van der Waals surface area (Å²) in [6.07, 6.45) is 1.05. The molecule has 2 rings (SSSR count). The van der Waals surface area contributed by atoms with E-state index in [4.69, 9.17) is 17.3 Å². The second-order valence-electron chi connectivity index (χ2n) is 3.77. The highest BCUT2D eigenvalue weighted by Crippen LogP contribution is 2.29. The van der Waals surface area contributed by atoms with Crippen LogP contribution in [0.2, 0.25) is 5.02 Å². The molecule has 0 aliphatic rings. The first kappa shape index (κ1) is 12.3. The number of benzene rings is 2. The third kappa shape index (κ3) is 3.69. The SMILES string of the molecule is Nc1ccc(SCCc2ccccc2)c(Cl)c1. The van der Waals surface area contributed by atoms with Gasteiger partial charge in [-0.1, -0.05) is 41.9 Å². The van der Waals surface area contributed by atoms with Crippen molar-refractivity contribution in [1.82, 2.24) is 0 Å². The Hall–Kier alpha value is -1.12. The number of hydrogen-bond acceptors (Lipinski definition) is 2. The molecule has 0 atom stereocenters. The zero-order chi connectivity index (χ0) is 12.1. The van der Waals surface area contributed by atoms with E-state index in [-0.39, 0.29) is 0 Å². The van der Waals surface area contributed by atoms with E-state index in [0.29, 0.717) is 5.69 Å². The van der Waals surface area contributed by atoms with E-state index in [1.165, 1.54) is 5.56 Å². The van der Waals surface area contributed by atoms with Crippen LogP contribution in [-0.2, 0) is 6.42 Å². The van der Waals surface area contributed by atoms with Crippen molar-refractivity contribution in [2.45, 2.75) is 11.3 Å². The van der Waals surface area contributed by atoms with Gasteiger partial charge in [0.1, 0.15) is 0 Å². The summed E-state index contributed by atoms with van der Waals surface area (Å²) in [6.45, 7) is 0. The molecule has 0 fully saturated rings. The van der Waals surface area contributed by atoms with Crippen molar-refractivity contribution in [3.63, 3.8) is 0 Å². The average molecular weight is 264 g/mol. The van der Waals surface area contributed by atoms with Gasteiger partial charge in [0, 0.05) is 16.3 Å². The minimum atomic E-state index is 0.711. The van der Waals surface area contributed by atoms with Gasteiger partial charge in [0.05, 0.1) is 5.02 Å². The number of anilines is 1. The summed E-state index contributed by atoms with van der Waals surface area (Å²) in [4.78, 5) is 1.09. The van der Waals surface area contributed by atoms with Gasteiger partial charge in [-0.25, -0.2) is 0 Å². The molecule has 0 unspecified atom stereocenters. The van der Waals surface area contributed by atoms with Crippen LogP contribution in [0.3, 0.4) is 0 Å². The van der Waals surface area contributed by atoms with Gasteiger partial charge in [-0.2, -0.15) is 0 Å². The molecule has 0 aliphatic heterocycles. The van der Waals surface area contributed by atoms with E-state index >= 15 is 0 Å². The fourth-order valence-electron chi connectivity index (χ4n) is 1.56. The van der Waals surface area contributed by atoms with Crippen molar-refractivity contribution in [2.24, 2.45) is 0 Å². The third-order valence-corrected chi connectivity index (χ3v) is 3.95. The second-order valence-corrected chi connectivity index (χ2v) is 5.32. The largest absolute Gasteiger partial charge is 0.399 e. The smallest absolute Gasteiger partial charge is 0.0562 e. The highest BCUT2D eigenvalue weighted by molar-refractivity contribution is 7.99. The Labute approximate surface area is 111 Å². The van der Waals surface area contributed by atoms with E-state index in [1.54, 1.807) is 17.8 Å². The summed E-state index contributed by atoms with van der Waals surface area (Å²) in [5.74, 6) is 1.02. The van der Waals surface area contributed by atoms with Crippen molar-refractivity contribution in [3.05, 3.63) is 59.1 Å². The summed E-state index contributed by atoms with van der Waals surface area (Å²) in [6, 6.07) is 16.1. The van der Waals surface area contributed by atoms with E-state index < -0.39 is 0 Å². The van der Waals surface area contributed by atoms with Crippen LogP contribution in [0, 0.1) is 0 Å². The zero-order valence-electron chi connectivity index (χ0n) is 9.40. The molecule has 0 radical (unpaired) electrons. The van der Waals surface area contributed by atoms with Gasteiger partial charge < -0.3 is 5.73 Å². The monoisotopic (exact) mass is 263 g/mol. The van der Waals surface area contributed by atoms with Crippen molar-refractivity contribution in [2.75, 3.05) is 11.5 Å². The van der Waals surface area contributed by atoms with Gasteiger partial charge in [0.2, 0.25) is 0 Å². The van der Waals surface area contributed by atoms with Gasteiger partial charge in [0.25, 0.3) is 0 Å². The zero-order valence-corrected chi connectivity index (χ0v) is 11.0. The van der Waals surface area contributed by atoms with Crippen molar-refractivity contribution >= 4 is 29.1 Å². The highest BCUT2D eigenvalue weighted by atomic mass is 35.5. The van der Waals surface area contributed by atoms with E-state index in [9.17, 15) is 0 Å². The minimum absolute atomic E-state index is 0.711. The number of halogens is 1. The number of rotatable bonds is 4. The molecule has 0 heterocycles. The topological polar surface area (TPSA) is 26.0 Å². The summed E-state index contributed by atoms with van der Waals surface area (Å²) in [7, 11) is 0. The maximum atomic E-state index is 6.11. The molecule has 2 aromatic carbocycles.